The molecule has 0 aliphatic heterocycles. The Morgan fingerprint density at radius 2 is 1.70 bits per heavy atom. The molecule has 0 heterocycles. The van der Waals surface area contributed by atoms with Gasteiger partial charge >= 0.3 is 0 Å². The third-order valence-electron chi connectivity index (χ3n) is 3.42. The Hall–Kier alpha value is -1.94. The molecule has 2 N–H and O–H groups in total. The molecule has 1 unspecified atom stereocenters. The van der Waals surface area contributed by atoms with Gasteiger partial charge in [-0.25, -0.2) is 8.78 Å². The highest BCUT2D eigenvalue weighted by molar-refractivity contribution is 5.41. The zero-order valence-electron chi connectivity index (χ0n) is 11.7. The van der Waals surface area contributed by atoms with Gasteiger partial charge in [0.15, 0.2) is 11.6 Å². The van der Waals surface area contributed by atoms with Crippen LogP contribution < -0.4 is 10.5 Å². The highest BCUT2D eigenvalue weighted by atomic mass is 19.2. The van der Waals surface area contributed by atoms with E-state index in [1.165, 1.54) is 19.1 Å². The predicted octanol–water partition coefficient (Wildman–Crippen LogP) is 3.64. The highest BCUT2D eigenvalue weighted by Gasteiger charge is 2.18. The molecule has 0 aromatic heterocycles. The maximum Gasteiger partial charge on any atom is 0.164 e. The van der Waals surface area contributed by atoms with E-state index in [-0.39, 0.29) is 11.1 Å². The third kappa shape index (κ3) is 2.51. The Kier molecular flexibility index (Phi) is 4.04. The van der Waals surface area contributed by atoms with E-state index in [0.717, 1.165) is 11.3 Å². The average molecular weight is 277 g/mol. The fourth-order valence-electron chi connectivity index (χ4n) is 2.18. The first-order chi connectivity index (χ1) is 9.45. The summed E-state index contributed by atoms with van der Waals surface area (Å²) in [4.78, 5) is 0. The second-order valence-corrected chi connectivity index (χ2v) is 4.81. The van der Waals surface area contributed by atoms with Gasteiger partial charge in [0.2, 0.25) is 0 Å². The number of aryl methyl sites for hydroxylation is 2. The largest absolute Gasteiger partial charge is 0.496 e. The fourth-order valence-corrected chi connectivity index (χ4v) is 2.18. The van der Waals surface area contributed by atoms with Crippen LogP contribution in [0.25, 0.3) is 0 Å². The number of ether oxygens (including phenoxy) is 1. The Morgan fingerprint density at radius 3 is 2.30 bits per heavy atom. The number of hydrogen-bond donors (Lipinski definition) is 1. The van der Waals surface area contributed by atoms with Crippen LogP contribution in [0.5, 0.6) is 5.75 Å². The lowest BCUT2D eigenvalue weighted by Gasteiger charge is -2.16. The summed E-state index contributed by atoms with van der Waals surface area (Å²) in [5, 5.41) is 0. The van der Waals surface area contributed by atoms with Gasteiger partial charge in [0.25, 0.3) is 0 Å². The minimum absolute atomic E-state index is 0.151. The number of benzene rings is 2. The summed E-state index contributed by atoms with van der Waals surface area (Å²) in [5.41, 5.74) is 8.08. The molecule has 0 aliphatic carbocycles. The third-order valence-corrected chi connectivity index (χ3v) is 3.42. The molecule has 2 aromatic rings. The molecule has 20 heavy (non-hydrogen) atoms. The van der Waals surface area contributed by atoms with Crippen LogP contribution in [0.1, 0.15) is 28.3 Å². The van der Waals surface area contributed by atoms with Crippen molar-refractivity contribution in [3.63, 3.8) is 0 Å². The van der Waals surface area contributed by atoms with Crippen LogP contribution in [0, 0.1) is 25.5 Å². The first-order valence-electron chi connectivity index (χ1n) is 6.30. The quantitative estimate of drug-likeness (QED) is 0.929. The average Bonchev–Trinajstić information content (AvgIpc) is 2.44. The summed E-state index contributed by atoms with van der Waals surface area (Å²) in [6, 6.07) is 7.69. The molecule has 0 spiro atoms. The molecule has 0 aliphatic rings. The number of nitrogens with two attached hydrogens (primary N) is 1. The van der Waals surface area contributed by atoms with Crippen molar-refractivity contribution >= 4 is 0 Å². The van der Waals surface area contributed by atoms with Crippen molar-refractivity contribution in [2.75, 3.05) is 7.11 Å². The number of rotatable bonds is 3. The van der Waals surface area contributed by atoms with E-state index in [0.29, 0.717) is 5.56 Å². The maximum absolute atomic E-state index is 14.0. The van der Waals surface area contributed by atoms with Gasteiger partial charge in [-0.3, -0.25) is 0 Å². The van der Waals surface area contributed by atoms with Crippen LogP contribution in [-0.4, -0.2) is 7.11 Å². The molecule has 2 rings (SSSR count). The molecule has 0 amide bonds. The van der Waals surface area contributed by atoms with Gasteiger partial charge in [0.1, 0.15) is 5.75 Å². The zero-order valence-corrected chi connectivity index (χ0v) is 11.7. The van der Waals surface area contributed by atoms with E-state index in [1.807, 2.05) is 13.0 Å². The first kappa shape index (κ1) is 14.5. The Bertz CT molecular complexity index is 641. The standard InChI is InChI=1S/C16H17F2NO/c1-9-4-6-12(15(18)14(9)17)16(19)11-5-7-13(20-3)10(2)8-11/h4-8,16H,19H2,1-3H3. The minimum Gasteiger partial charge on any atom is -0.496 e. The Labute approximate surface area is 117 Å². The van der Waals surface area contributed by atoms with Crippen LogP contribution in [0.15, 0.2) is 30.3 Å². The van der Waals surface area contributed by atoms with E-state index >= 15 is 0 Å². The second kappa shape index (κ2) is 5.59. The normalized spacial score (nSPS) is 12.3. The minimum atomic E-state index is -0.883. The van der Waals surface area contributed by atoms with Gasteiger partial charge in [0.05, 0.1) is 13.2 Å². The SMILES string of the molecule is COc1ccc(C(N)c2ccc(C)c(F)c2F)cc1C. The molecule has 0 fully saturated rings. The van der Waals surface area contributed by atoms with Crippen molar-refractivity contribution in [1.82, 2.24) is 0 Å². The molecule has 0 saturated carbocycles. The second-order valence-electron chi connectivity index (χ2n) is 4.81. The molecule has 1 atom stereocenters. The maximum atomic E-state index is 14.0. The monoisotopic (exact) mass is 277 g/mol. The molecule has 0 radical (unpaired) electrons. The van der Waals surface area contributed by atoms with E-state index in [9.17, 15) is 8.78 Å². The van der Waals surface area contributed by atoms with Gasteiger partial charge in [-0.2, -0.15) is 0 Å². The zero-order chi connectivity index (χ0) is 14.9. The smallest absolute Gasteiger partial charge is 0.164 e. The van der Waals surface area contributed by atoms with E-state index in [4.69, 9.17) is 10.5 Å². The molecule has 0 saturated heterocycles. The molecule has 2 aromatic carbocycles. The van der Waals surface area contributed by atoms with Crippen molar-refractivity contribution in [1.29, 1.82) is 0 Å². The Balaban J connectivity index is 2.44. The molecule has 4 heteroatoms. The van der Waals surface area contributed by atoms with E-state index in [2.05, 4.69) is 0 Å². The van der Waals surface area contributed by atoms with Crippen LogP contribution in [0.4, 0.5) is 8.78 Å². The van der Waals surface area contributed by atoms with Crippen molar-refractivity contribution < 1.29 is 13.5 Å². The number of halogens is 2. The van der Waals surface area contributed by atoms with Gasteiger partial charge in [-0.05, 0) is 36.6 Å². The lowest BCUT2D eigenvalue weighted by Crippen LogP contribution is -2.15. The first-order valence-corrected chi connectivity index (χ1v) is 6.30. The van der Waals surface area contributed by atoms with Gasteiger partial charge in [-0.1, -0.05) is 24.3 Å². The topological polar surface area (TPSA) is 35.2 Å². The molecule has 0 bridgehead atoms. The van der Waals surface area contributed by atoms with Crippen LogP contribution in [0.3, 0.4) is 0 Å². The van der Waals surface area contributed by atoms with Gasteiger partial charge in [-0.15, -0.1) is 0 Å². The van der Waals surface area contributed by atoms with Crippen molar-refractivity contribution in [3.05, 3.63) is 64.2 Å². The predicted molar refractivity (Wildman–Crippen MR) is 74.9 cm³/mol. The summed E-state index contributed by atoms with van der Waals surface area (Å²) >= 11 is 0. The van der Waals surface area contributed by atoms with Crippen LogP contribution >= 0.6 is 0 Å². The lowest BCUT2D eigenvalue weighted by molar-refractivity contribution is 0.411. The van der Waals surface area contributed by atoms with Crippen LogP contribution in [-0.2, 0) is 0 Å². The summed E-state index contributed by atoms with van der Waals surface area (Å²) < 4.78 is 32.7. The number of hydrogen-bond acceptors (Lipinski definition) is 2. The molecule has 106 valence electrons. The van der Waals surface area contributed by atoms with Crippen molar-refractivity contribution in [2.45, 2.75) is 19.9 Å². The summed E-state index contributed by atoms with van der Waals surface area (Å²) in [7, 11) is 1.58. The molecule has 2 nitrogen and oxygen atoms in total. The van der Waals surface area contributed by atoms with E-state index < -0.39 is 17.7 Å². The summed E-state index contributed by atoms with van der Waals surface area (Å²) in [5.74, 6) is -0.995. The van der Waals surface area contributed by atoms with Gasteiger partial charge < -0.3 is 10.5 Å². The van der Waals surface area contributed by atoms with Crippen molar-refractivity contribution in [3.8, 4) is 5.75 Å². The summed E-state index contributed by atoms with van der Waals surface area (Å²) in [6.45, 7) is 3.40. The lowest BCUT2D eigenvalue weighted by atomic mass is 9.96. The van der Waals surface area contributed by atoms with Crippen LogP contribution in [0.2, 0.25) is 0 Å². The fraction of sp³-hybridized carbons (Fsp3) is 0.250. The Morgan fingerprint density at radius 1 is 1.00 bits per heavy atom. The van der Waals surface area contributed by atoms with Crippen molar-refractivity contribution in [2.24, 2.45) is 5.73 Å². The van der Waals surface area contributed by atoms with E-state index in [1.54, 1.807) is 19.2 Å². The summed E-state index contributed by atoms with van der Waals surface area (Å²) in [6.07, 6.45) is 0. The highest BCUT2D eigenvalue weighted by Crippen LogP contribution is 2.28. The van der Waals surface area contributed by atoms with Gasteiger partial charge in [0, 0.05) is 5.56 Å². The molecular formula is C16H17F2NO. The number of methoxy groups -OCH3 is 1. The molecular weight excluding hydrogens is 260 g/mol.